The van der Waals surface area contributed by atoms with Crippen LogP contribution in [0.15, 0.2) is 18.2 Å². The largest absolute Gasteiger partial charge is 0.495 e. The first-order valence-corrected chi connectivity index (χ1v) is 7.32. The molecule has 1 aliphatic rings. The van der Waals surface area contributed by atoms with Gasteiger partial charge in [0.25, 0.3) is 0 Å². The molecule has 3 heteroatoms. The Bertz CT molecular complexity index is 479. The van der Waals surface area contributed by atoms with Crippen LogP contribution in [0.1, 0.15) is 36.8 Å². The third kappa shape index (κ3) is 4.26. The van der Waals surface area contributed by atoms with Crippen molar-refractivity contribution in [1.82, 2.24) is 4.90 Å². The average Bonchev–Trinajstić information content (AvgIpc) is 2.74. The summed E-state index contributed by atoms with van der Waals surface area (Å²) in [6, 6.07) is 6.15. The molecule has 108 valence electrons. The van der Waals surface area contributed by atoms with Crippen molar-refractivity contribution in [1.29, 1.82) is 0 Å². The highest BCUT2D eigenvalue weighted by Crippen LogP contribution is 2.21. The Morgan fingerprint density at radius 2 is 1.95 bits per heavy atom. The Morgan fingerprint density at radius 1 is 1.20 bits per heavy atom. The van der Waals surface area contributed by atoms with Crippen molar-refractivity contribution in [3.8, 4) is 17.6 Å². The van der Waals surface area contributed by atoms with Gasteiger partial charge < -0.3 is 9.84 Å². The zero-order valence-corrected chi connectivity index (χ0v) is 12.2. The van der Waals surface area contributed by atoms with Crippen LogP contribution in [0.3, 0.4) is 0 Å². The second kappa shape index (κ2) is 7.94. The topological polar surface area (TPSA) is 32.7 Å². The van der Waals surface area contributed by atoms with E-state index >= 15 is 0 Å². The van der Waals surface area contributed by atoms with E-state index in [9.17, 15) is 0 Å². The predicted octanol–water partition coefficient (Wildman–Crippen LogP) is 2.42. The van der Waals surface area contributed by atoms with Gasteiger partial charge in [-0.3, -0.25) is 4.90 Å². The molecule has 0 spiro atoms. The number of ether oxygens (including phenoxy) is 1. The number of hydrogen-bond acceptors (Lipinski definition) is 3. The SMILES string of the molecule is COc1ccc(CN2CCCCCC2)cc1C#CCO. The summed E-state index contributed by atoms with van der Waals surface area (Å²) in [6.07, 6.45) is 5.30. The summed E-state index contributed by atoms with van der Waals surface area (Å²) >= 11 is 0. The Morgan fingerprint density at radius 3 is 2.60 bits per heavy atom. The maximum atomic E-state index is 8.83. The molecule has 2 rings (SSSR count). The lowest BCUT2D eigenvalue weighted by Crippen LogP contribution is -2.23. The summed E-state index contributed by atoms with van der Waals surface area (Å²) in [5.41, 5.74) is 2.11. The molecule has 1 heterocycles. The Hall–Kier alpha value is -1.50. The third-order valence-electron chi connectivity index (χ3n) is 3.67. The fourth-order valence-corrected chi connectivity index (χ4v) is 2.64. The van der Waals surface area contributed by atoms with Crippen LogP contribution in [0, 0.1) is 11.8 Å². The van der Waals surface area contributed by atoms with Crippen LogP contribution in [-0.2, 0) is 6.54 Å². The standard InChI is InChI=1S/C17H23NO2/c1-20-17-9-8-15(13-16(17)7-6-12-19)14-18-10-4-2-3-5-11-18/h8-9,13,19H,2-5,10-12,14H2,1H3. The van der Waals surface area contributed by atoms with Crippen molar-refractivity contribution >= 4 is 0 Å². The van der Waals surface area contributed by atoms with Crippen LogP contribution in [-0.4, -0.2) is 36.8 Å². The molecule has 1 aromatic rings. The summed E-state index contributed by atoms with van der Waals surface area (Å²) in [7, 11) is 1.65. The maximum absolute atomic E-state index is 8.83. The molecule has 0 atom stereocenters. The van der Waals surface area contributed by atoms with Crippen LogP contribution in [0.4, 0.5) is 0 Å². The molecule has 0 radical (unpaired) electrons. The van der Waals surface area contributed by atoms with E-state index in [0.29, 0.717) is 0 Å². The van der Waals surface area contributed by atoms with Crippen LogP contribution in [0.2, 0.25) is 0 Å². The minimum atomic E-state index is -0.125. The molecule has 0 amide bonds. The summed E-state index contributed by atoms with van der Waals surface area (Å²) < 4.78 is 5.31. The quantitative estimate of drug-likeness (QED) is 0.859. The number of nitrogens with zero attached hydrogens (tertiary/aromatic N) is 1. The van der Waals surface area contributed by atoms with Crippen LogP contribution in [0.5, 0.6) is 5.75 Å². The van der Waals surface area contributed by atoms with Gasteiger partial charge in [0, 0.05) is 6.54 Å². The highest BCUT2D eigenvalue weighted by atomic mass is 16.5. The van der Waals surface area contributed by atoms with E-state index < -0.39 is 0 Å². The van der Waals surface area contributed by atoms with Crippen molar-refractivity contribution in [3.05, 3.63) is 29.3 Å². The fourth-order valence-electron chi connectivity index (χ4n) is 2.64. The molecule has 0 aromatic heterocycles. The lowest BCUT2D eigenvalue weighted by atomic mass is 10.1. The predicted molar refractivity (Wildman–Crippen MR) is 80.7 cm³/mol. The monoisotopic (exact) mass is 273 g/mol. The third-order valence-corrected chi connectivity index (χ3v) is 3.67. The molecule has 1 fully saturated rings. The van der Waals surface area contributed by atoms with E-state index in [-0.39, 0.29) is 6.61 Å². The van der Waals surface area contributed by atoms with Gasteiger partial charge in [-0.15, -0.1) is 0 Å². The Labute approximate surface area is 121 Å². The van der Waals surface area contributed by atoms with Crippen molar-refractivity contribution in [2.24, 2.45) is 0 Å². The summed E-state index contributed by atoms with van der Waals surface area (Å²) in [6.45, 7) is 3.21. The van der Waals surface area contributed by atoms with E-state index in [4.69, 9.17) is 9.84 Å². The van der Waals surface area contributed by atoms with E-state index in [1.807, 2.05) is 6.07 Å². The second-order valence-corrected chi connectivity index (χ2v) is 5.18. The van der Waals surface area contributed by atoms with Gasteiger partial charge in [0.2, 0.25) is 0 Å². The normalized spacial score (nSPS) is 16.1. The molecule has 0 bridgehead atoms. The smallest absolute Gasteiger partial charge is 0.134 e. The molecular formula is C17H23NO2. The number of rotatable bonds is 3. The lowest BCUT2D eigenvalue weighted by Gasteiger charge is -2.20. The maximum Gasteiger partial charge on any atom is 0.134 e. The molecule has 1 aliphatic heterocycles. The zero-order valence-electron chi connectivity index (χ0n) is 12.2. The van der Waals surface area contributed by atoms with Crippen LogP contribution >= 0.6 is 0 Å². The Kier molecular flexibility index (Phi) is 5.91. The van der Waals surface area contributed by atoms with Crippen molar-refractivity contribution in [2.45, 2.75) is 32.2 Å². The molecule has 3 nitrogen and oxygen atoms in total. The molecule has 1 saturated heterocycles. The van der Waals surface area contributed by atoms with Gasteiger partial charge in [-0.1, -0.05) is 30.7 Å². The molecule has 0 unspecified atom stereocenters. The minimum Gasteiger partial charge on any atom is -0.495 e. The van der Waals surface area contributed by atoms with E-state index in [1.54, 1.807) is 7.11 Å². The number of methoxy groups -OCH3 is 1. The summed E-state index contributed by atoms with van der Waals surface area (Å²) in [5, 5.41) is 8.83. The van der Waals surface area contributed by atoms with Gasteiger partial charge >= 0.3 is 0 Å². The highest BCUT2D eigenvalue weighted by Gasteiger charge is 2.10. The molecule has 0 saturated carbocycles. The molecule has 1 N–H and O–H groups in total. The minimum absolute atomic E-state index is 0.125. The van der Waals surface area contributed by atoms with Crippen molar-refractivity contribution in [2.75, 3.05) is 26.8 Å². The van der Waals surface area contributed by atoms with Gasteiger partial charge in [0.15, 0.2) is 0 Å². The summed E-state index contributed by atoms with van der Waals surface area (Å²) in [5.74, 6) is 6.42. The molecule has 0 aliphatic carbocycles. The van der Waals surface area contributed by atoms with Crippen molar-refractivity contribution in [3.63, 3.8) is 0 Å². The van der Waals surface area contributed by atoms with E-state index in [0.717, 1.165) is 17.9 Å². The Balaban J connectivity index is 2.11. The first-order chi connectivity index (χ1) is 9.83. The first kappa shape index (κ1) is 14.9. The second-order valence-electron chi connectivity index (χ2n) is 5.18. The van der Waals surface area contributed by atoms with Gasteiger partial charge in [-0.05, 0) is 43.6 Å². The van der Waals surface area contributed by atoms with Gasteiger partial charge in [0.05, 0.1) is 12.7 Å². The van der Waals surface area contributed by atoms with E-state index in [1.165, 1.54) is 44.3 Å². The van der Waals surface area contributed by atoms with Gasteiger partial charge in [-0.2, -0.15) is 0 Å². The number of benzene rings is 1. The average molecular weight is 273 g/mol. The van der Waals surface area contributed by atoms with Gasteiger partial charge in [0.1, 0.15) is 12.4 Å². The number of aliphatic hydroxyl groups is 1. The van der Waals surface area contributed by atoms with Crippen LogP contribution < -0.4 is 4.74 Å². The first-order valence-electron chi connectivity index (χ1n) is 7.32. The van der Waals surface area contributed by atoms with Crippen molar-refractivity contribution < 1.29 is 9.84 Å². The summed E-state index contributed by atoms with van der Waals surface area (Å²) in [4.78, 5) is 2.51. The fraction of sp³-hybridized carbons (Fsp3) is 0.529. The number of hydrogen-bond donors (Lipinski definition) is 1. The van der Waals surface area contributed by atoms with E-state index in [2.05, 4.69) is 28.9 Å². The highest BCUT2D eigenvalue weighted by molar-refractivity contribution is 5.48. The van der Waals surface area contributed by atoms with Crippen LogP contribution in [0.25, 0.3) is 0 Å². The molecule has 20 heavy (non-hydrogen) atoms. The number of aliphatic hydroxyl groups excluding tert-OH is 1. The molecule has 1 aromatic carbocycles. The zero-order chi connectivity index (χ0) is 14.2. The van der Waals surface area contributed by atoms with Gasteiger partial charge in [-0.25, -0.2) is 0 Å². The lowest BCUT2D eigenvalue weighted by molar-refractivity contribution is 0.277. The molecular weight excluding hydrogens is 250 g/mol. The number of likely N-dealkylation sites (tertiary alicyclic amines) is 1.